The van der Waals surface area contributed by atoms with E-state index in [4.69, 9.17) is 4.74 Å². The topological polar surface area (TPSA) is 49.9 Å². The van der Waals surface area contributed by atoms with Gasteiger partial charge < -0.3 is 14.5 Å². The molecule has 2 heterocycles. The maximum Gasteiger partial charge on any atom is 0.246 e. The smallest absolute Gasteiger partial charge is 0.246 e. The van der Waals surface area contributed by atoms with Crippen LogP contribution < -0.4 is 0 Å². The number of rotatable bonds is 3. The van der Waals surface area contributed by atoms with Crippen LogP contribution >= 0.6 is 11.8 Å². The summed E-state index contributed by atoms with van der Waals surface area (Å²) >= 11 is 1.70. The summed E-state index contributed by atoms with van der Waals surface area (Å²) in [6.45, 7) is 4.02. The normalized spacial score (nSPS) is 30.0. The Hall–Kier alpha value is -0.750. The van der Waals surface area contributed by atoms with E-state index in [9.17, 15) is 9.59 Å². The Morgan fingerprint density at radius 1 is 1.23 bits per heavy atom. The van der Waals surface area contributed by atoms with Crippen molar-refractivity contribution < 1.29 is 14.3 Å². The first-order valence-corrected chi connectivity index (χ1v) is 9.64. The van der Waals surface area contributed by atoms with Crippen LogP contribution in [0.3, 0.4) is 0 Å². The average Bonchev–Trinajstić information content (AvgIpc) is 3.24. The minimum Gasteiger partial charge on any atom is -0.375 e. The number of thioether (sulfide) groups is 1. The zero-order chi connectivity index (χ0) is 15.5. The van der Waals surface area contributed by atoms with E-state index < -0.39 is 0 Å². The highest BCUT2D eigenvalue weighted by molar-refractivity contribution is 7.99. The Morgan fingerprint density at radius 3 is 2.73 bits per heavy atom. The largest absolute Gasteiger partial charge is 0.375 e. The number of ether oxygens (including phenoxy) is 1. The predicted octanol–water partition coefficient (Wildman–Crippen LogP) is 1.72. The van der Waals surface area contributed by atoms with Gasteiger partial charge in [0, 0.05) is 24.8 Å². The molecule has 3 rings (SSSR count). The lowest BCUT2D eigenvalue weighted by Gasteiger charge is -2.36. The predicted molar refractivity (Wildman–Crippen MR) is 86.5 cm³/mol. The zero-order valence-corrected chi connectivity index (χ0v) is 14.1. The summed E-state index contributed by atoms with van der Waals surface area (Å²) in [5.74, 6) is 1.90. The van der Waals surface area contributed by atoms with Gasteiger partial charge in [0.15, 0.2) is 0 Å². The molecule has 1 saturated carbocycles. The molecule has 2 saturated heterocycles. The number of carbonyl (C=O) groups is 2. The van der Waals surface area contributed by atoms with Crippen molar-refractivity contribution in [3.63, 3.8) is 0 Å². The first kappa shape index (κ1) is 16.1. The van der Waals surface area contributed by atoms with E-state index in [1.807, 2.05) is 9.80 Å². The lowest BCUT2D eigenvalue weighted by Crippen LogP contribution is -2.54. The first-order valence-electron chi connectivity index (χ1n) is 8.49. The molecule has 2 atom stereocenters. The third-order valence-corrected chi connectivity index (χ3v) is 6.07. The second-order valence-corrected chi connectivity index (χ2v) is 7.49. The van der Waals surface area contributed by atoms with Gasteiger partial charge in [-0.2, -0.15) is 0 Å². The molecule has 0 aromatic rings. The minimum atomic E-state index is -0.256. The van der Waals surface area contributed by atoms with Gasteiger partial charge in [0.05, 0.1) is 18.6 Å². The molecule has 0 N–H and O–H groups in total. The van der Waals surface area contributed by atoms with Gasteiger partial charge in [-0.3, -0.25) is 9.59 Å². The van der Waals surface area contributed by atoms with Gasteiger partial charge in [0.25, 0.3) is 0 Å². The molecule has 0 aromatic carbocycles. The molecule has 0 radical (unpaired) electrons. The van der Waals surface area contributed by atoms with E-state index in [0.717, 1.165) is 37.9 Å². The van der Waals surface area contributed by atoms with Gasteiger partial charge in [-0.15, -0.1) is 11.8 Å². The second-order valence-electron chi connectivity index (χ2n) is 6.49. The summed E-state index contributed by atoms with van der Waals surface area (Å²) in [6.07, 6.45) is 5.36. The Labute approximate surface area is 136 Å². The van der Waals surface area contributed by atoms with Crippen molar-refractivity contribution >= 4 is 23.6 Å². The van der Waals surface area contributed by atoms with E-state index in [2.05, 4.69) is 6.92 Å². The summed E-state index contributed by atoms with van der Waals surface area (Å²) in [6, 6.07) is -0.256. The zero-order valence-electron chi connectivity index (χ0n) is 13.3. The van der Waals surface area contributed by atoms with Gasteiger partial charge in [0.2, 0.25) is 11.8 Å². The molecule has 0 bridgehead atoms. The van der Waals surface area contributed by atoms with Crippen LogP contribution in [0.2, 0.25) is 0 Å². The highest BCUT2D eigenvalue weighted by Gasteiger charge is 2.40. The molecule has 0 spiro atoms. The van der Waals surface area contributed by atoms with Crippen LogP contribution in [0.15, 0.2) is 0 Å². The molecule has 3 aliphatic rings. The molecule has 0 unspecified atom stereocenters. The Bertz CT molecular complexity index is 426. The van der Waals surface area contributed by atoms with Gasteiger partial charge >= 0.3 is 0 Å². The van der Waals surface area contributed by atoms with Crippen molar-refractivity contribution in [1.29, 1.82) is 0 Å². The highest BCUT2D eigenvalue weighted by Crippen LogP contribution is 2.31. The molecule has 2 amide bonds. The summed E-state index contributed by atoms with van der Waals surface area (Å²) < 4.78 is 5.65. The highest BCUT2D eigenvalue weighted by atomic mass is 32.2. The van der Waals surface area contributed by atoms with Crippen LogP contribution in [0.4, 0.5) is 0 Å². The molecule has 0 aromatic heterocycles. The Kier molecular flexibility index (Phi) is 5.29. The van der Waals surface area contributed by atoms with Crippen molar-refractivity contribution in [1.82, 2.24) is 9.80 Å². The molecular weight excluding hydrogens is 300 g/mol. The molecule has 22 heavy (non-hydrogen) atoms. The van der Waals surface area contributed by atoms with Crippen LogP contribution in [0.1, 0.15) is 39.0 Å². The van der Waals surface area contributed by atoms with Gasteiger partial charge in [-0.1, -0.05) is 19.8 Å². The van der Waals surface area contributed by atoms with Crippen LogP contribution in [0, 0.1) is 5.92 Å². The average molecular weight is 326 g/mol. The fraction of sp³-hybridized carbons (Fsp3) is 0.875. The van der Waals surface area contributed by atoms with E-state index in [-0.39, 0.29) is 29.9 Å². The summed E-state index contributed by atoms with van der Waals surface area (Å²) in [4.78, 5) is 29.3. The van der Waals surface area contributed by atoms with Gasteiger partial charge in [-0.05, 0) is 19.3 Å². The minimum absolute atomic E-state index is 0.123. The molecule has 124 valence electrons. The monoisotopic (exact) mass is 326 g/mol. The molecule has 6 heteroatoms. The number of nitrogens with zero attached hydrogens (tertiary/aromatic N) is 2. The van der Waals surface area contributed by atoms with Crippen molar-refractivity contribution in [2.75, 3.05) is 31.3 Å². The maximum absolute atomic E-state index is 12.9. The second kappa shape index (κ2) is 7.21. The van der Waals surface area contributed by atoms with Crippen molar-refractivity contribution in [2.45, 2.75) is 51.2 Å². The van der Waals surface area contributed by atoms with E-state index in [1.54, 1.807) is 11.8 Å². The Balaban J connectivity index is 1.64. The van der Waals surface area contributed by atoms with Gasteiger partial charge in [-0.25, -0.2) is 0 Å². The van der Waals surface area contributed by atoms with E-state index >= 15 is 0 Å². The first-order chi connectivity index (χ1) is 10.7. The van der Waals surface area contributed by atoms with Crippen LogP contribution in [-0.2, 0) is 14.3 Å². The van der Waals surface area contributed by atoms with Crippen LogP contribution in [-0.4, -0.2) is 65.1 Å². The summed E-state index contributed by atoms with van der Waals surface area (Å²) in [5, 5.41) is 0. The number of carbonyl (C=O) groups excluding carboxylic acids is 2. The third-order valence-electron chi connectivity index (χ3n) is 5.06. The number of morpholine rings is 1. The molecule has 1 aliphatic carbocycles. The standard InChI is InChI=1S/C16H26N2O3S/c1-2-13-9-17(7-8-21-13)16(20)14-10-22-11-18(14)15(19)12-5-3-4-6-12/h12-14H,2-11H2,1H3/t13-,14-/m1/s1. The lowest BCUT2D eigenvalue weighted by molar-refractivity contribution is -0.149. The third kappa shape index (κ3) is 3.27. The molecular formula is C16H26N2O3S. The Morgan fingerprint density at radius 2 is 2.00 bits per heavy atom. The van der Waals surface area contributed by atoms with Crippen molar-refractivity contribution in [2.24, 2.45) is 5.92 Å². The maximum atomic E-state index is 12.9. The lowest BCUT2D eigenvalue weighted by atomic mass is 10.1. The fourth-order valence-electron chi connectivity index (χ4n) is 3.65. The van der Waals surface area contributed by atoms with Crippen LogP contribution in [0.25, 0.3) is 0 Å². The van der Waals surface area contributed by atoms with Crippen molar-refractivity contribution in [3.05, 3.63) is 0 Å². The van der Waals surface area contributed by atoms with Crippen LogP contribution in [0.5, 0.6) is 0 Å². The number of hydrogen-bond donors (Lipinski definition) is 0. The molecule has 3 fully saturated rings. The summed E-state index contributed by atoms with van der Waals surface area (Å²) in [5.41, 5.74) is 0. The van der Waals surface area contributed by atoms with E-state index in [1.165, 1.54) is 0 Å². The fourth-order valence-corrected chi connectivity index (χ4v) is 4.80. The van der Waals surface area contributed by atoms with Crippen molar-refractivity contribution in [3.8, 4) is 0 Å². The quantitative estimate of drug-likeness (QED) is 0.792. The SMILES string of the molecule is CC[C@@H]1CN(C(=O)[C@H]2CSCN2C(=O)C2CCCC2)CCO1. The van der Waals surface area contributed by atoms with E-state index in [0.29, 0.717) is 25.6 Å². The number of hydrogen-bond acceptors (Lipinski definition) is 4. The van der Waals surface area contributed by atoms with Gasteiger partial charge in [0.1, 0.15) is 6.04 Å². The summed E-state index contributed by atoms with van der Waals surface area (Å²) in [7, 11) is 0. The molecule has 5 nitrogen and oxygen atoms in total. The molecule has 2 aliphatic heterocycles. The number of amides is 2.